The molecule has 0 bridgehead atoms. The molecule has 0 saturated carbocycles. The van der Waals surface area contributed by atoms with Gasteiger partial charge in [0.15, 0.2) is 0 Å². The van der Waals surface area contributed by atoms with Crippen LogP contribution in [-0.2, 0) is 4.79 Å². The molecular weight excluding hydrogens is 447 g/mol. The molecule has 158 valence electrons. The lowest BCUT2D eigenvalue weighted by atomic mass is 10.1. The Morgan fingerprint density at radius 3 is 2.61 bits per heavy atom. The van der Waals surface area contributed by atoms with Gasteiger partial charge in [0.2, 0.25) is 5.91 Å². The normalized spacial score (nSPS) is 10.8. The molecule has 0 aliphatic heterocycles. The zero-order valence-electron chi connectivity index (χ0n) is 15.9. The molecular formula is C20H14Cl2N4O5. The number of hydrazone groups is 1. The molecule has 0 atom stereocenters. The number of anilines is 1. The van der Waals surface area contributed by atoms with Crippen LogP contribution in [0.4, 0.5) is 11.4 Å². The Morgan fingerprint density at radius 1 is 1.13 bits per heavy atom. The van der Waals surface area contributed by atoms with E-state index in [1.165, 1.54) is 25.3 Å². The van der Waals surface area contributed by atoms with Crippen LogP contribution >= 0.6 is 23.2 Å². The Bertz CT molecular complexity index is 1210. The van der Waals surface area contributed by atoms with Gasteiger partial charge in [0.1, 0.15) is 16.5 Å². The van der Waals surface area contributed by atoms with Crippen molar-refractivity contribution >= 4 is 52.6 Å². The summed E-state index contributed by atoms with van der Waals surface area (Å²) < 4.78 is 5.60. The molecule has 11 heteroatoms. The lowest BCUT2D eigenvalue weighted by Gasteiger charge is -2.04. The van der Waals surface area contributed by atoms with Crippen molar-refractivity contribution in [3.05, 3.63) is 80.0 Å². The molecule has 0 spiro atoms. The number of carbonyl (C=O) groups is 2. The van der Waals surface area contributed by atoms with Crippen molar-refractivity contribution in [1.29, 1.82) is 0 Å². The number of amides is 2. The first-order valence-corrected chi connectivity index (χ1v) is 9.45. The van der Waals surface area contributed by atoms with E-state index in [4.69, 9.17) is 27.6 Å². The Kier molecular flexibility index (Phi) is 6.68. The fraction of sp³-hybridized carbons (Fsp3) is 0.0500. The highest BCUT2D eigenvalue weighted by Gasteiger charge is 2.18. The van der Waals surface area contributed by atoms with Crippen LogP contribution < -0.4 is 10.7 Å². The van der Waals surface area contributed by atoms with Crippen molar-refractivity contribution in [2.75, 3.05) is 5.32 Å². The van der Waals surface area contributed by atoms with Gasteiger partial charge < -0.3 is 9.73 Å². The molecule has 0 saturated heterocycles. The maximum atomic E-state index is 12.2. The minimum atomic E-state index is -0.632. The van der Waals surface area contributed by atoms with Gasteiger partial charge in [-0.2, -0.15) is 5.10 Å². The van der Waals surface area contributed by atoms with Crippen LogP contribution in [0.1, 0.15) is 23.0 Å². The molecule has 3 aromatic rings. The molecule has 0 radical (unpaired) electrons. The summed E-state index contributed by atoms with van der Waals surface area (Å²) in [6.45, 7) is 1.37. The van der Waals surface area contributed by atoms with Crippen LogP contribution in [0.25, 0.3) is 11.3 Å². The average molecular weight is 461 g/mol. The number of halogens is 2. The lowest BCUT2D eigenvalue weighted by Crippen LogP contribution is -2.18. The van der Waals surface area contributed by atoms with Gasteiger partial charge in [-0.1, -0.05) is 29.3 Å². The minimum absolute atomic E-state index is 0.0789. The van der Waals surface area contributed by atoms with Crippen molar-refractivity contribution in [3.63, 3.8) is 0 Å². The molecule has 9 nitrogen and oxygen atoms in total. The number of hydrogen-bond donors (Lipinski definition) is 2. The van der Waals surface area contributed by atoms with Crippen LogP contribution in [0.15, 0.2) is 58.0 Å². The second kappa shape index (κ2) is 9.41. The molecule has 0 fully saturated rings. The van der Waals surface area contributed by atoms with Gasteiger partial charge >= 0.3 is 0 Å². The Balaban J connectivity index is 1.70. The molecule has 0 aliphatic carbocycles. The van der Waals surface area contributed by atoms with Crippen LogP contribution in [0.5, 0.6) is 0 Å². The quantitative estimate of drug-likeness (QED) is 0.307. The first-order valence-electron chi connectivity index (χ1n) is 8.69. The van der Waals surface area contributed by atoms with E-state index in [0.717, 1.165) is 6.07 Å². The second-order valence-corrected chi connectivity index (χ2v) is 7.02. The van der Waals surface area contributed by atoms with E-state index in [1.807, 2.05) is 0 Å². The predicted molar refractivity (Wildman–Crippen MR) is 117 cm³/mol. The topological polar surface area (TPSA) is 127 Å². The van der Waals surface area contributed by atoms with E-state index in [0.29, 0.717) is 28.3 Å². The number of nitrogens with zero attached hydrogens (tertiary/aromatic N) is 2. The molecule has 3 rings (SSSR count). The summed E-state index contributed by atoms with van der Waals surface area (Å²) in [4.78, 5) is 33.6. The van der Waals surface area contributed by atoms with Gasteiger partial charge in [0.05, 0.1) is 16.2 Å². The zero-order chi connectivity index (χ0) is 22.5. The number of rotatable bonds is 6. The van der Waals surface area contributed by atoms with Gasteiger partial charge in [0.25, 0.3) is 11.6 Å². The molecule has 1 aromatic heterocycles. The molecule has 0 unspecified atom stereocenters. The number of carbonyl (C=O) groups excluding carboxylic acids is 2. The van der Waals surface area contributed by atoms with Crippen LogP contribution in [0, 0.1) is 10.1 Å². The summed E-state index contributed by atoms with van der Waals surface area (Å²) in [7, 11) is 0. The summed E-state index contributed by atoms with van der Waals surface area (Å²) >= 11 is 12.0. The largest absolute Gasteiger partial charge is 0.455 e. The molecule has 2 amide bonds. The third-order valence-corrected chi connectivity index (χ3v) is 4.54. The first-order chi connectivity index (χ1) is 14.7. The number of nitro benzene ring substituents is 1. The van der Waals surface area contributed by atoms with E-state index in [9.17, 15) is 19.7 Å². The highest BCUT2D eigenvalue weighted by atomic mass is 35.5. The smallest absolute Gasteiger partial charge is 0.289 e. The van der Waals surface area contributed by atoms with Crippen LogP contribution in [0.3, 0.4) is 0 Å². The molecule has 2 N–H and O–H groups in total. The first kappa shape index (κ1) is 22.0. The van der Waals surface area contributed by atoms with Crippen LogP contribution in [-0.4, -0.2) is 23.0 Å². The average Bonchev–Trinajstić information content (AvgIpc) is 3.17. The van der Waals surface area contributed by atoms with Gasteiger partial charge in [-0.3, -0.25) is 19.7 Å². The fourth-order valence-corrected chi connectivity index (χ4v) is 3.08. The third kappa shape index (κ3) is 5.47. The van der Waals surface area contributed by atoms with E-state index in [1.54, 1.807) is 30.3 Å². The fourth-order valence-electron chi connectivity index (χ4n) is 2.59. The molecule has 0 aliphatic rings. The number of furan rings is 1. The van der Waals surface area contributed by atoms with Crippen molar-refractivity contribution in [1.82, 2.24) is 5.43 Å². The predicted octanol–water partition coefficient (Wildman–Crippen LogP) is 4.88. The zero-order valence-corrected chi connectivity index (χ0v) is 17.4. The number of nitro groups is 1. The van der Waals surface area contributed by atoms with Crippen molar-refractivity contribution in [2.45, 2.75) is 6.92 Å². The van der Waals surface area contributed by atoms with Crippen molar-refractivity contribution < 1.29 is 18.9 Å². The molecule has 31 heavy (non-hydrogen) atoms. The SMILES string of the molecule is CC(=O)Nc1cccc(C(=O)NN=Cc2ccc(-c3cc(Cl)c([N+](=O)[O-])cc3Cl)o2)c1. The van der Waals surface area contributed by atoms with Crippen LogP contribution in [0.2, 0.25) is 10.0 Å². The van der Waals surface area contributed by atoms with E-state index < -0.39 is 10.8 Å². The van der Waals surface area contributed by atoms with E-state index in [-0.39, 0.29) is 21.6 Å². The number of nitrogens with one attached hydrogen (secondary N) is 2. The maximum Gasteiger partial charge on any atom is 0.289 e. The Morgan fingerprint density at radius 2 is 1.90 bits per heavy atom. The summed E-state index contributed by atoms with van der Waals surface area (Å²) in [5, 5.41) is 17.4. The highest BCUT2D eigenvalue weighted by molar-refractivity contribution is 6.36. The minimum Gasteiger partial charge on any atom is -0.455 e. The van der Waals surface area contributed by atoms with Gasteiger partial charge in [0, 0.05) is 29.8 Å². The van der Waals surface area contributed by atoms with Crippen molar-refractivity contribution in [3.8, 4) is 11.3 Å². The number of benzene rings is 2. The summed E-state index contributed by atoms with van der Waals surface area (Å²) in [5.41, 5.74) is 3.20. The van der Waals surface area contributed by atoms with E-state index >= 15 is 0 Å². The summed E-state index contributed by atoms with van der Waals surface area (Å²) in [6.07, 6.45) is 1.28. The summed E-state index contributed by atoms with van der Waals surface area (Å²) in [6, 6.07) is 12.0. The number of hydrogen-bond acceptors (Lipinski definition) is 6. The molecule has 1 heterocycles. The van der Waals surface area contributed by atoms with E-state index in [2.05, 4.69) is 15.8 Å². The van der Waals surface area contributed by atoms with Gasteiger partial charge in [-0.25, -0.2) is 5.43 Å². The monoisotopic (exact) mass is 460 g/mol. The Labute approximate surface area is 185 Å². The maximum absolute atomic E-state index is 12.2. The Hall–Kier alpha value is -3.69. The lowest BCUT2D eigenvalue weighted by molar-refractivity contribution is -0.384. The van der Waals surface area contributed by atoms with Gasteiger partial charge in [-0.15, -0.1) is 0 Å². The molecule has 2 aromatic carbocycles. The third-order valence-electron chi connectivity index (χ3n) is 3.93. The second-order valence-electron chi connectivity index (χ2n) is 6.20. The highest BCUT2D eigenvalue weighted by Crippen LogP contribution is 2.37. The summed E-state index contributed by atoms with van der Waals surface area (Å²) in [5.74, 6) is -0.121. The van der Waals surface area contributed by atoms with Gasteiger partial charge in [-0.05, 0) is 36.4 Å². The standard InChI is InChI=1S/C20H14Cl2N4O5/c1-11(27)24-13-4-2-3-12(7-13)20(28)25-23-10-14-5-6-19(31-14)15-8-17(22)18(26(29)30)9-16(15)21/h2-10H,1H3,(H,24,27)(H,25,28). The van der Waals surface area contributed by atoms with Crippen molar-refractivity contribution in [2.24, 2.45) is 5.10 Å².